The fourth-order valence-corrected chi connectivity index (χ4v) is 5.37. The quantitative estimate of drug-likeness (QED) is 0.461. The second-order valence-corrected chi connectivity index (χ2v) is 9.13. The molecular formula is C26H27N3O4. The normalized spacial score (nSPS) is 24.5. The average molecular weight is 446 g/mol. The molecule has 2 fully saturated rings. The van der Waals surface area contributed by atoms with Crippen LogP contribution in [0.25, 0.3) is 10.9 Å². The predicted molar refractivity (Wildman–Crippen MR) is 123 cm³/mol. The van der Waals surface area contributed by atoms with Gasteiger partial charge in [-0.3, -0.25) is 19.8 Å². The Morgan fingerprint density at radius 3 is 2.76 bits per heavy atom. The van der Waals surface area contributed by atoms with Gasteiger partial charge in [-0.15, -0.1) is 0 Å². The Morgan fingerprint density at radius 1 is 1.18 bits per heavy atom. The number of aromatic nitrogens is 1. The molecule has 33 heavy (non-hydrogen) atoms. The zero-order valence-electron chi connectivity index (χ0n) is 18.5. The maximum absolute atomic E-state index is 13.4. The van der Waals surface area contributed by atoms with Crippen molar-refractivity contribution in [2.45, 2.75) is 56.7 Å². The van der Waals surface area contributed by atoms with E-state index in [1.807, 2.05) is 61.5 Å². The van der Waals surface area contributed by atoms with E-state index in [2.05, 4.69) is 4.98 Å². The maximum Gasteiger partial charge on any atom is 0.266 e. The van der Waals surface area contributed by atoms with Crippen LogP contribution in [-0.2, 0) is 21.6 Å². The van der Waals surface area contributed by atoms with E-state index in [1.165, 1.54) is 0 Å². The van der Waals surface area contributed by atoms with Gasteiger partial charge in [0.25, 0.3) is 5.91 Å². The van der Waals surface area contributed by atoms with E-state index in [4.69, 9.17) is 9.94 Å². The minimum atomic E-state index is -0.706. The first-order chi connectivity index (χ1) is 16.0. The molecule has 7 heteroatoms. The van der Waals surface area contributed by atoms with E-state index in [9.17, 15) is 9.59 Å². The molecule has 0 spiro atoms. The summed E-state index contributed by atoms with van der Waals surface area (Å²) in [5.41, 5.74) is 3.93. The lowest BCUT2D eigenvalue weighted by Gasteiger charge is -2.36. The molecule has 170 valence electrons. The molecule has 0 saturated carbocycles. The first-order valence-corrected chi connectivity index (χ1v) is 11.3. The molecule has 2 N–H and O–H groups in total. The van der Waals surface area contributed by atoms with Crippen molar-refractivity contribution in [1.82, 2.24) is 15.4 Å². The van der Waals surface area contributed by atoms with Crippen LogP contribution < -0.4 is 10.2 Å². The zero-order chi connectivity index (χ0) is 23.0. The van der Waals surface area contributed by atoms with Crippen molar-refractivity contribution < 1.29 is 19.5 Å². The van der Waals surface area contributed by atoms with Crippen LogP contribution in [-0.4, -0.2) is 39.0 Å². The number of pyridine rings is 1. The number of piperidine rings is 1. The molecule has 0 bridgehead atoms. The number of hydrogen-bond donors (Lipinski definition) is 2. The summed E-state index contributed by atoms with van der Waals surface area (Å²) in [6, 6.07) is 17.0. The molecule has 2 aliphatic heterocycles. The number of hydrogen-bond acceptors (Lipinski definition) is 5. The van der Waals surface area contributed by atoms with Gasteiger partial charge in [0.1, 0.15) is 18.4 Å². The number of ether oxygens (including phenoxy) is 1. The minimum absolute atomic E-state index is 0.00875. The van der Waals surface area contributed by atoms with E-state index in [1.54, 1.807) is 16.6 Å². The van der Waals surface area contributed by atoms with Crippen LogP contribution in [0.3, 0.4) is 0 Å². The highest BCUT2D eigenvalue weighted by Gasteiger charge is 2.53. The Morgan fingerprint density at radius 2 is 1.97 bits per heavy atom. The van der Waals surface area contributed by atoms with Crippen molar-refractivity contribution in [3.05, 3.63) is 71.9 Å². The third-order valence-corrected chi connectivity index (χ3v) is 7.13. The predicted octanol–water partition coefficient (Wildman–Crippen LogP) is 3.73. The van der Waals surface area contributed by atoms with Crippen molar-refractivity contribution >= 4 is 22.7 Å². The van der Waals surface area contributed by atoms with Gasteiger partial charge in [-0.05, 0) is 62.4 Å². The lowest BCUT2D eigenvalue weighted by molar-refractivity contribution is -0.147. The summed E-state index contributed by atoms with van der Waals surface area (Å²) in [4.78, 5) is 31.7. The van der Waals surface area contributed by atoms with Crippen LogP contribution in [0.4, 0.5) is 0 Å². The molecule has 2 saturated heterocycles. The van der Waals surface area contributed by atoms with Crippen molar-refractivity contribution in [2.24, 2.45) is 0 Å². The van der Waals surface area contributed by atoms with E-state index < -0.39 is 17.4 Å². The number of fused-ring (bicyclic) bond motifs is 2. The fourth-order valence-electron chi connectivity index (χ4n) is 5.37. The Balaban J connectivity index is 1.33. The summed E-state index contributed by atoms with van der Waals surface area (Å²) < 4.78 is 6.03. The number of carbonyl (C=O) groups is 2. The van der Waals surface area contributed by atoms with Crippen molar-refractivity contribution in [2.75, 3.05) is 0 Å². The zero-order valence-corrected chi connectivity index (χ0v) is 18.5. The van der Waals surface area contributed by atoms with Crippen LogP contribution in [0.2, 0.25) is 0 Å². The van der Waals surface area contributed by atoms with Crippen LogP contribution in [0.5, 0.6) is 5.75 Å². The van der Waals surface area contributed by atoms with Crippen molar-refractivity contribution in [1.29, 1.82) is 0 Å². The van der Waals surface area contributed by atoms with Crippen LogP contribution in [0.15, 0.2) is 60.8 Å². The topological polar surface area (TPSA) is 91.8 Å². The molecule has 0 radical (unpaired) electrons. The largest absolute Gasteiger partial charge is 0.489 e. The van der Waals surface area contributed by atoms with Crippen molar-refractivity contribution in [3.8, 4) is 5.75 Å². The molecule has 0 aliphatic carbocycles. The minimum Gasteiger partial charge on any atom is -0.489 e. The summed E-state index contributed by atoms with van der Waals surface area (Å²) in [5.74, 6) is 0.159. The van der Waals surface area contributed by atoms with Gasteiger partial charge in [0.05, 0.1) is 10.9 Å². The van der Waals surface area contributed by atoms with E-state index in [0.29, 0.717) is 19.4 Å². The number of rotatable bonds is 5. The Bertz CT molecular complexity index is 1190. The highest BCUT2D eigenvalue weighted by Crippen LogP contribution is 2.44. The van der Waals surface area contributed by atoms with Gasteiger partial charge < -0.3 is 9.64 Å². The van der Waals surface area contributed by atoms with E-state index >= 15 is 0 Å². The van der Waals surface area contributed by atoms with Gasteiger partial charge in [0.2, 0.25) is 5.91 Å². The molecule has 7 nitrogen and oxygen atoms in total. The Labute approximate surface area is 192 Å². The summed E-state index contributed by atoms with van der Waals surface area (Å²) in [5, 5.41) is 10.2. The molecule has 3 aromatic rings. The summed E-state index contributed by atoms with van der Waals surface area (Å²) in [7, 11) is 0. The Hall–Kier alpha value is -3.45. The first kappa shape index (κ1) is 21.4. The van der Waals surface area contributed by atoms with Crippen LogP contribution >= 0.6 is 0 Å². The molecule has 2 aromatic carbocycles. The van der Waals surface area contributed by atoms with E-state index in [0.717, 1.165) is 40.6 Å². The molecule has 1 aromatic heterocycles. The number of carbonyl (C=O) groups excluding carboxylic acids is 2. The van der Waals surface area contributed by atoms with Gasteiger partial charge in [-0.1, -0.05) is 30.3 Å². The number of para-hydroxylation sites is 1. The number of nitrogens with zero attached hydrogens (tertiary/aromatic N) is 2. The van der Waals surface area contributed by atoms with Crippen molar-refractivity contribution in [3.63, 3.8) is 0 Å². The monoisotopic (exact) mass is 445 g/mol. The second kappa shape index (κ2) is 8.48. The summed E-state index contributed by atoms with van der Waals surface area (Å²) >= 11 is 0. The number of nitrogens with one attached hydrogen (secondary N) is 1. The molecular weight excluding hydrogens is 418 g/mol. The van der Waals surface area contributed by atoms with Crippen LogP contribution in [0, 0.1) is 0 Å². The van der Waals surface area contributed by atoms with Gasteiger partial charge in [-0.25, -0.2) is 5.48 Å². The standard InChI is InChI=1S/C26H27N3O4/c1-26(15-19-5-4-8-23(24(30)28-32)29(19)25(26)31)18-9-11-20(12-10-18)33-16-17-13-14-27-22-7-3-2-6-21(17)22/h2-3,6-7,9-14,19,23,32H,4-5,8,15-16H2,1H3,(H,28,30)/t19-,23+,26-/m0/s1. The summed E-state index contributed by atoms with van der Waals surface area (Å²) in [6.45, 7) is 2.37. The highest BCUT2D eigenvalue weighted by molar-refractivity contribution is 5.95. The lowest BCUT2D eigenvalue weighted by Crippen LogP contribution is -2.53. The first-order valence-electron chi connectivity index (χ1n) is 11.3. The number of benzene rings is 2. The number of amides is 2. The van der Waals surface area contributed by atoms with Crippen LogP contribution in [0.1, 0.15) is 43.7 Å². The third kappa shape index (κ3) is 3.72. The smallest absolute Gasteiger partial charge is 0.266 e. The average Bonchev–Trinajstić information content (AvgIpc) is 3.13. The van der Waals surface area contributed by atoms with Gasteiger partial charge in [0.15, 0.2) is 0 Å². The third-order valence-electron chi connectivity index (χ3n) is 7.13. The SMILES string of the molecule is C[C@@]1(c2ccc(OCc3ccnc4ccccc34)cc2)C[C@@H]2CCC[C@H](C(=O)NO)N2C1=O. The fraction of sp³-hybridized carbons (Fsp3) is 0.346. The van der Waals surface area contributed by atoms with Gasteiger partial charge in [-0.2, -0.15) is 0 Å². The van der Waals surface area contributed by atoms with Gasteiger partial charge >= 0.3 is 0 Å². The number of hydroxylamine groups is 1. The van der Waals surface area contributed by atoms with E-state index in [-0.39, 0.29) is 11.9 Å². The second-order valence-electron chi connectivity index (χ2n) is 9.13. The lowest BCUT2D eigenvalue weighted by atomic mass is 9.79. The molecule has 5 rings (SSSR count). The van der Waals surface area contributed by atoms with Gasteiger partial charge in [0, 0.05) is 23.2 Å². The molecule has 3 heterocycles. The molecule has 0 unspecified atom stereocenters. The molecule has 2 amide bonds. The molecule has 2 aliphatic rings. The summed E-state index contributed by atoms with van der Waals surface area (Å²) in [6.07, 6.45) is 4.75. The maximum atomic E-state index is 13.4. The Kier molecular flexibility index (Phi) is 5.50. The highest BCUT2D eigenvalue weighted by atomic mass is 16.5. The molecule has 3 atom stereocenters.